The number of carbonyl (C=O) groups is 1. The van der Waals surface area contributed by atoms with Crippen molar-refractivity contribution in [3.8, 4) is 5.75 Å². The van der Waals surface area contributed by atoms with Crippen molar-refractivity contribution in [3.63, 3.8) is 0 Å². The molecule has 0 unspecified atom stereocenters. The van der Waals surface area contributed by atoms with Crippen LogP contribution in [0.5, 0.6) is 5.75 Å². The van der Waals surface area contributed by atoms with E-state index in [9.17, 15) is 4.79 Å². The predicted octanol–water partition coefficient (Wildman–Crippen LogP) is 7.68. The van der Waals surface area contributed by atoms with E-state index in [1.165, 1.54) is 38.5 Å². The van der Waals surface area contributed by atoms with E-state index in [4.69, 9.17) is 27.9 Å². The Morgan fingerprint density at radius 1 is 0.871 bits per heavy atom. The van der Waals surface area contributed by atoms with Crippen LogP contribution in [0.15, 0.2) is 42.5 Å². The van der Waals surface area contributed by atoms with Crippen LogP contribution in [0.1, 0.15) is 80.1 Å². The van der Waals surface area contributed by atoms with Crippen LogP contribution in [-0.4, -0.2) is 22.9 Å². The molecule has 2 fully saturated rings. The largest absolute Gasteiger partial charge is 0.487 e. The standard InChI is InChI=1S/C26H31Cl2NO2/c27-21-14-15-24(28)25(17-21)31-18-19-8-7-9-20(16-19)26(30)29(22-10-3-1-4-11-22)23-12-5-2-6-13-23/h7-9,14-17,22-23H,1-6,10-13,18H2. The topological polar surface area (TPSA) is 29.5 Å². The van der Waals surface area contributed by atoms with Gasteiger partial charge in [-0.3, -0.25) is 4.79 Å². The second-order valence-corrected chi connectivity index (χ2v) is 9.70. The quantitative estimate of drug-likeness (QED) is 0.442. The average molecular weight is 460 g/mol. The van der Waals surface area contributed by atoms with Gasteiger partial charge in [0.1, 0.15) is 12.4 Å². The molecule has 2 aliphatic carbocycles. The Hall–Kier alpha value is -1.71. The molecule has 166 valence electrons. The minimum atomic E-state index is 0.182. The number of benzene rings is 2. The van der Waals surface area contributed by atoms with Crippen molar-refractivity contribution in [2.45, 2.75) is 82.9 Å². The predicted molar refractivity (Wildman–Crippen MR) is 127 cm³/mol. The van der Waals surface area contributed by atoms with Gasteiger partial charge in [0.05, 0.1) is 5.02 Å². The lowest BCUT2D eigenvalue weighted by Crippen LogP contribution is -2.48. The summed E-state index contributed by atoms with van der Waals surface area (Å²) in [5.74, 6) is 0.735. The van der Waals surface area contributed by atoms with Crippen molar-refractivity contribution in [1.29, 1.82) is 0 Å². The summed E-state index contributed by atoms with van der Waals surface area (Å²) in [6, 6.07) is 13.8. The number of rotatable bonds is 6. The lowest BCUT2D eigenvalue weighted by molar-refractivity contribution is 0.0448. The van der Waals surface area contributed by atoms with Crippen molar-refractivity contribution in [2.75, 3.05) is 0 Å². The third-order valence-electron chi connectivity index (χ3n) is 6.63. The summed E-state index contributed by atoms with van der Waals surface area (Å²) in [6.07, 6.45) is 12.1. The zero-order chi connectivity index (χ0) is 21.6. The van der Waals surface area contributed by atoms with Crippen LogP contribution >= 0.6 is 23.2 Å². The summed E-state index contributed by atoms with van der Waals surface area (Å²) in [7, 11) is 0. The average Bonchev–Trinajstić information content (AvgIpc) is 2.81. The molecule has 2 aliphatic rings. The first-order chi connectivity index (χ1) is 15.1. The van der Waals surface area contributed by atoms with E-state index < -0.39 is 0 Å². The fraction of sp³-hybridized carbons (Fsp3) is 0.500. The monoisotopic (exact) mass is 459 g/mol. The first-order valence-electron chi connectivity index (χ1n) is 11.6. The molecule has 0 heterocycles. The fourth-order valence-electron chi connectivity index (χ4n) is 5.04. The zero-order valence-electron chi connectivity index (χ0n) is 18.0. The second kappa shape index (κ2) is 10.7. The number of nitrogens with zero attached hydrogens (tertiary/aromatic N) is 1. The molecule has 5 heteroatoms. The van der Waals surface area contributed by atoms with Gasteiger partial charge in [0.15, 0.2) is 0 Å². The second-order valence-electron chi connectivity index (χ2n) is 8.86. The van der Waals surface area contributed by atoms with Crippen LogP contribution in [0.3, 0.4) is 0 Å². The van der Waals surface area contributed by atoms with Gasteiger partial charge in [0.2, 0.25) is 0 Å². The first-order valence-corrected chi connectivity index (χ1v) is 12.4. The minimum absolute atomic E-state index is 0.182. The molecule has 0 aromatic heterocycles. The highest BCUT2D eigenvalue weighted by Crippen LogP contribution is 2.32. The molecule has 0 atom stereocenters. The van der Waals surface area contributed by atoms with Crippen molar-refractivity contribution in [2.24, 2.45) is 0 Å². The van der Waals surface area contributed by atoms with Crippen LogP contribution in [-0.2, 0) is 6.61 Å². The van der Waals surface area contributed by atoms with E-state index in [-0.39, 0.29) is 5.91 Å². The van der Waals surface area contributed by atoms with E-state index in [0.29, 0.717) is 34.5 Å². The number of hydrogen-bond donors (Lipinski definition) is 0. The zero-order valence-corrected chi connectivity index (χ0v) is 19.5. The highest BCUT2D eigenvalue weighted by Gasteiger charge is 2.33. The van der Waals surface area contributed by atoms with Gasteiger partial charge in [-0.2, -0.15) is 0 Å². The van der Waals surface area contributed by atoms with E-state index in [1.54, 1.807) is 18.2 Å². The third-order valence-corrected chi connectivity index (χ3v) is 7.18. The fourth-order valence-corrected chi connectivity index (χ4v) is 5.37. The lowest BCUT2D eigenvalue weighted by Gasteiger charge is -2.42. The van der Waals surface area contributed by atoms with Gasteiger partial charge >= 0.3 is 0 Å². The minimum Gasteiger partial charge on any atom is -0.487 e. The van der Waals surface area contributed by atoms with Gasteiger partial charge in [-0.1, -0.05) is 73.9 Å². The molecule has 4 rings (SSSR count). The molecule has 3 nitrogen and oxygen atoms in total. The molecule has 0 radical (unpaired) electrons. The number of halogens is 2. The van der Waals surface area contributed by atoms with E-state index in [1.807, 2.05) is 24.3 Å². The number of ether oxygens (including phenoxy) is 1. The molecular weight excluding hydrogens is 429 g/mol. The van der Waals surface area contributed by atoms with Crippen molar-refractivity contribution >= 4 is 29.1 Å². The Kier molecular flexibility index (Phi) is 7.79. The summed E-state index contributed by atoms with van der Waals surface area (Å²) < 4.78 is 5.89. The third kappa shape index (κ3) is 5.75. The van der Waals surface area contributed by atoms with Crippen LogP contribution in [0.2, 0.25) is 10.0 Å². The summed E-state index contributed by atoms with van der Waals surface area (Å²) in [5, 5.41) is 1.11. The van der Waals surface area contributed by atoms with Gasteiger partial charge in [0, 0.05) is 28.7 Å². The Balaban J connectivity index is 1.51. The number of hydrogen-bond acceptors (Lipinski definition) is 2. The lowest BCUT2D eigenvalue weighted by atomic mass is 9.88. The van der Waals surface area contributed by atoms with Gasteiger partial charge in [-0.25, -0.2) is 0 Å². The molecule has 31 heavy (non-hydrogen) atoms. The molecule has 0 aliphatic heterocycles. The molecular formula is C26H31Cl2NO2. The Morgan fingerprint density at radius 2 is 1.52 bits per heavy atom. The summed E-state index contributed by atoms with van der Waals surface area (Å²) in [4.78, 5) is 16.0. The molecule has 0 bridgehead atoms. The summed E-state index contributed by atoms with van der Waals surface area (Å²) in [5.41, 5.74) is 1.71. The van der Waals surface area contributed by atoms with E-state index in [0.717, 1.165) is 36.8 Å². The van der Waals surface area contributed by atoms with Gasteiger partial charge in [0.25, 0.3) is 5.91 Å². The van der Waals surface area contributed by atoms with Crippen molar-refractivity contribution in [3.05, 3.63) is 63.6 Å². The molecule has 2 saturated carbocycles. The molecule has 0 saturated heterocycles. The first kappa shape index (κ1) is 22.5. The van der Waals surface area contributed by atoms with Gasteiger partial charge in [-0.05, 0) is 55.5 Å². The van der Waals surface area contributed by atoms with Crippen LogP contribution < -0.4 is 4.74 Å². The molecule has 1 amide bonds. The SMILES string of the molecule is O=C(c1cccc(COc2cc(Cl)ccc2Cl)c1)N(C1CCCCC1)C1CCCCC1. The smallest absolute Gasteiger partial charge is 0.254 e. The van der Waals surface area contributed by atoms with E-state index in [2.05, 4.69) is 4.90 Å². The Morgan fingerprint density at radius 3 is 2.16 bits per heavy atom. The van der Waals surface area contributed by atoms with Crippen LogP contribution in [0.4, 0.5) is 0 Å². The van der Waals surface area contributed by atoms with Crippen LogP contribution in [0.25, 0.3) is 0 Å². The van der Waals surface area contributed by atoms with Crippen molar-refractivity contribution < 1.29 is 9.53 Å². The maximum atomic E-state index is 13.7. The number of amides is 1. The normalized spacial score (nSPS) is 18.0. The summed E-state index contributed by atoms with van der Waals surface area (Å²) in [6.45, 7) is 0.341. The van der Waals surface area contributed by atoms with Crippen LogP contribution in [0, 0.1) is 0 Å². The summed E-state index contributed by atoms with van der Waals surface area (Å²) >= 11 is 12.3. The number of carbonyl (C=O) groups excluding carboxylic acids is 1. The van der Waals surface area contributed by atoms with Crippen molar-refractivity contribution in [1.82, 2.24) is 4.90 Å². The molecule has 2 aromatic rings. The highest BCUT2D eigenvalue weighted by atomic mass is 35.5. The molecule has 0 spiro atoms. The molecule has 2 aromatic carbocycles. The maximum Gasteiger partial charge on any atom is 0.254 e. The molecule has 0 N–H and O–H groups in total. The van der Waals surface area contributed by atoms with Gasteiger partial charge < -0.3 is 9.64 Å². The highest BCUT2D eigenvalue weighted by molar-refractivity contribution is 6.34. The van der Waals surface area contributed by atoms with E-state index >= 15 is 0 Å². The maximum absolute atomic E-state index is 13.7. The van der Waals surface area contributed by atoms with Gasteiger partial charge in [-0.15, -0.1) is 0 Å². The Labute approximate surface area is 195 Å². The Bertz CT molecular complexity index is 871.